The summed E-state index contributed by atoms with van der Waals surface area (Å²) in [5.74, 6) is -0.751. The second kappa shape index (κ2) is 8.31. The quantitative estimate of drug-likeness (QED) is 0.762. The van der Waals surface area contributed by atoms with Crippen LogP contribution in [-0.2, 0) is 16.1 Å². The predicted molar refractivity (Wildman–Crippen MR) is 98.5 cm³/mol. The number of benzene rings is 1. The van der Waals surface area contributed by atoms with Crippen molar-refractivity contribution in [2.75, 3.05) is 25.5 Å². The second-order valence-corrected chi connectivity index (χ2v) is 7.05. The largest absolute Gasteiger partial charge is 0.329 e. The number of urea groups is 1. The Balaban J connectivity index is 1.62. The topological polar surface area (TPSA) is 81.8 Å². The van der Waals surface area contributed by atoms with Gasteiger partial charge in [-0.3, -0.25) is 19.4 Å². The van der Waals surface area contributed by atoms with Gasteiger partial charge in [-0.15, -0.1) is 0 Å². The van der Waals surface area contributed by atoms with Crippen LogP contribution in [0.15, 0.2) is 24.3 Å². The van der Waals surface area contributed by atoms with E-state index in [1.165, 1.54) is 32.1 Å². The molecular weight excluding hydrogens is 332 g/mol. The highest BCUT2D eigenvalue weighted by molar-refractivity contribution is 6.06. The van der Waals surface area contributed by atoms with Crippen molar-refractivity contribution in [3.05, 3.63) is 29.8 Å². The summed E-state index contributed by atoms with van der Waals surface area (Å²) in [6, 6.07) is 7.75. The first-order valence-electron chi connectivity index (χ1n) is 9.21. The summed E-state index contributed by atoms with van der Waals surface area (Å²) in [6.45, 7) is 0.441. The van der Waals surface area contributed by atoms with E-state index in [0.717, 1.165) is 22.7 Å². The number of carbonyl (C=O) groups excluding carboxylic acids is 3. The summed E-state index contributed by atoms with van der Waals surface area (Å²) in [7, 11) is 2.13. The number of amides is 4. The zero-order chi connectivity index (χ0) is 18.5. The number of anilines is 1. The second-order valence-electron chi connectivity index (χ2n) is 7.05. The SMILES string of the molecule is CN(Cc1ccccc1NC(=O)CN1C(=O)CNC1=O)C1CCCCC1. The maximum Gasteiger partial charge on any atom is 0.325 e. The van der Waals surface area contributed by atoms with Crippen molar-refractivity contribution in [1.82, 2.24) is 15.1 Å². The van der Waals surface area contributed by atoms with E-state index in [-0.39, 0.29) is 24.9 Å². The summed E-state index contributed by atoms with van der Waals surface area (Å²) in [5.41, 5.74) is 1.76. The maximum absolute atomic E-state index is 12.3. The molecule has 0 bridgehead atoms. The first kappa shape index (κ1) is 18.4. The molecule has 140 valence electrons. The third-order valence-electron chi connectivity index (χ3n) is 5.15. The lowest BCUT2D eigenvalue weighted by atomic mass is 9.94. The van der Waals surface area contributed by atoms with Gasteiger partial charge in [0.15, 0.2) is 0 Å². The molecule has 2 aliphatic rings. The minimum Gasteiger partial charge on any atom is -0.329 e. The van der Waals surface area contributed by atoms with Gasteiger partial charge >= 0.3 is 6.03 Å². The van der Waals surface area contributed by atoms with Gasteiger partial charge in [-0.25, -0.2) is 4.79 Å². The zero-order valence-corrected chi connectivity index (χ0v) is 15.2. The molecule has 7 heteroatoms. The fourth-order valence-corrected chi connectivity index (χ4v) is 3.65. The Kier molecular flexibility index (Phi) is 5.88. The fourth-order valence-electron chi connectivity index (χ4n) is 3.65. The molecule has 0 spiro atoms. The standard InChI is InChI=1S/C19H26N4O3/c1-22(15-8-3-2-4-9-15)12-14-7-5-6-10-16(14)21-17(24)13-23-18(25)11-20-19(23)26/h5-7,10,15H,2-4,8-9,11-13H2,1H3,(H,20,26)(H,21,24). The van der Waals surface area contributed by atoms with E-state index in [9.17, 15) is 14.4 Å². The average Bonchev–Trinajstić information content (AvgIpc) is 2.96. The van der Waals surface area contributed by atoms with Crippen molar-refractivity contribution < 1.29 is 14.4 Å². The number of rotatable bonds is 6. The van der Waals surface area contributed by atoms with Crippen LogP contribution in [-0.4, -0.2) is 53.8 Å². The molecule has 1 saturated carbocycles. The van der Waals surface area contributed by atoms with Crippen molar-refractivity contribution >= 4 is 23.5 Å². The van der Waals surface area contributed by atoms with Crippen molar-refractivity contribution in [2.24, 2.45) is 0 Å². The first-order valence-corrected chi connectivity index (χ1v) is 9.21. The molecule has 1 heterocycles. The van der Waals surface area contributed by atoms with E-state index >= 15 is 0 Å². The molecule has 0 radical (unpaired) electrons. The van der Waals surface area contributed by atoms with Crippen molar-refractivity contribution in [1.29, 1.82) is 0 Å². The van der Waals surface area contributed by atoms with Gasteiger partial charge in [0.05, 0.1) is 6.54 Å². The Bertz CT molecular complexity index is 669. The van der Waals surface area contributed by atoms with Gasteiger partial charge in [0.2, 0.25) is 5.91 Å². The van der Waals surface area contributed by atoms with E-state index in [2.05, 4.69) is 22.6 Å². The summed E-state index contributed by atoms with van der Waals surface area (Å²) in [5, 5.41) is 5.26. The summed E-state index contributed by atoms with van der Waals surface area (Å²) in [4.78, 5) is 38.8. The minimum atomic E-state index is -0.518. The number of nitrogens with zero attached hydrogens (tertiary/aromatic N) is 2. The molecule has 0 unspecified atom stereocenters. The average molecular weight is 358 g/mol. The van der Waals surface area contributed by atoms with Gasteiger partial charge in [-0.2, -0.15) is 0 Å². The van der Waals surface area contributed by atoms with Crippen LogP contribution in [0.5, 0.6) is 0 Å². The number of nitrogens with one attached hydrogen (secondary N) is 2. The van der Waals surface area contributed by atoms with Crippen molar-refractivity contribution in [3.63, 3.8) is 0 Å². The molecule has 0 aromatic heterocycles. The zero-order valence-electron chi connectivity index (χ0n) is 15.2. The van der Waals surface area contributed by atoms with Crippen LogP contribution in [0.2, 0.25) is 0 Å². The van der Waals surface area contributed by atoms with Crippen molar-refractivity contribution in [2.45, 2.75) is 44.7 Å². The highest BCUT2D eigenvalue weighted by Gasteiger charge is 2.30. The highest BCUT2D eigenvalue weighted by Crippen LogP contribution is 2.24. The molecule has 1 aliphatic heterocycles. The Hall–Kier alpha value is -2.41. The van der Waals surface area contributed by atoms with Gasteiger partial charge < -0.3 is 10.6 Å². The van der Waals surface area contributed by atoms with Gasteiger partial charge in [-0.05, 0) is 31.5 Å². The molecule has 0 atom stereocenters. The van der Waals surface area contributed by atoms with E-state index < -0.39 is 6.03 Å². The third kappa shape index (κ3) is 4.40. The van der Waals surface area contributed by atoms with E-state index in [1.54, 1.807) is 0 Å². The molecule has 1 saturated heterocycles. The number of imide groups is 1. The van der Waals surface area contributed by atoms with E-state index in [1.807, 2.05) is 24.3 Å². The van der Waals surface area contributed by atoms with Gasteiger partial charge in [0, 0.05) is 18.3 Å². The Morgan fingerprint density at radius 1 is 1.23 bits per heavy atom. The minimum absolute atomic E-state index is 0.0467. The third-order valence-corrected chi connectivity index (χ3v) is 5.15. The van der Waals surface area contributed by atoms with Crippen molar-refractivity contribution in [3.8, 4) is 0 Å². The Labute approximate surface area is 153 Å². The monoisotopic (exact) mass is 358 g/mol. The van der Waals surface area contributed by atoms with Gasteiger partial charge in [0.1, 0.15) is 6.54 Å². The molecule has 7 nitrogen and oxygen atoms in total. The lowest BCUT2D eigenvalue weighted by Gasteiger charge is -2.31. The Morgan fingerprint density at radius 2 is 1.96 bits per heavy atom. The van der Waals surface area contributed by atoms with Crippen LogP contribution in [0.4, 0.5) is 10.5 Å². The molecule has 1 aromatic carbocycles. The molecule has 2 N–H and O–H groups in total. The molecule has 1 aliphatic carbocycles. The molecule has 1 aromatic rings. The lowest BCUT2D eigenvalue weighted by molar-refractivity contribution is -0.128. The number of para-hydroxylation sites is 1. The summed E-state index contributed by atoms with van der Waals surface area (Å²) >= 11 is 0. The maximum atomic E-state index is 12.3. The molecule has 4 amide bonds. The predicted octanol–water partition coefficient (Wildman–Crippen LogP) is 1.94. The molecule has 26 heavy (non-hydrogen) atoms. The van der Waals surface area contributed by atoms with Crippen LogP contribution >= 0.6 is 0 Å². The smallest absolute Gasteiger partial charge is 0.325 e. The van der Waals surface area contributed by atoms with Gasteiger partial charge in [0.25, 0.3) is 5.91 Å². The number of hydrogen-bond acceptors (Lipinski definition) is 4. The van der Waals surface area contributed by atoms with Crippen LogP contribution in [0, 0.1) is 0 Å². The number of hydrogen-bond donors (Lipinski definition) is 2. The van der Waals surface area contributed by atoms with E-state index in [0.29, 0.717) is 6.04 Å². The van der Waals surface area contributed by atoms with Crippen LogP contribution in [0.25, 0.3) is 0 Å². The van der Waals surface area contributed by atoms with E-state index in [4.69, 9.17) is 0 Å². The fraction of sp³-hybridized carbons (Fsp3) is 0.526. The summed E-state index contributed by atoms with van der Waals surface area (Å²) < 4.78 is 0. The molecular formula is C19H26N4O3. The molecule has 2 fully saturated rings. The van der Waals surface area contributed by atoms with Crippen LogP contribution < -0.4 is 10.6 Å². The van der Waals surface area contributed by atoms with Crippen LogP contribution in [0.1, 0.15) is 37.7 Å². The normalized spacial score (nSPS) is 18.3. The van der Waals surface area contributed by atoms with Gasteiger partial charge in [-0.1, -0.05) is 37.5 Å². The molecule has 3 rings (SSSR count). The Morgan fingerprint density at radius 3 is 2.65 bits per heavy atom. The highest BCUT2D eigenvalue weighted by atomic mass is 16.2. The number of carbonyl (C=O) groups is 3. The first-order chi connectivity index (χ1) is 12.5. The summed E-state index contributed by atoms with van der Waals surface area (Å²) in [6.07, 6.45) is 6.31. The lowest BCUT2D eigenvalue weighted by Crippen LogP contribution is -2.38. The van der Waals surface area contributed by atoms with Crippen LogP contribution in [0.3, 0.4) is 0 Å².